The maximum absolute atomic E-state index is 13.4. The number of anilines is 2. The molecule has 12 nitrogen and oxygen atoms in total. The van der Waals surface area contributed by atoms with Gasteiger partial charge in [-0.2, -0.15) is 0 Å². The van der Waals surface area contributed by atoms with Crippen LogP contribution in [0.15, 0.2) is 41.7 Å². The van der Waals surface area contributed by atoms with E-state index in [1.807, 2.05) is 57.3 Å². The molecule has 234 valence electrons. The van der Waals surface area contributed by atoms with Gasteiger partial charge in [0.1, 0.15) is 29.0 Å². The molecular weight excluding hydrogens is 558 g/mol. The Hall–Kier alpha value is -3.96. The summed E-state index contributed by atoms with van der Waals surface area (Å²) in [5.41, 5.74) is 1.51. The fourth-order valence-electron chi connectivity index (χ4n) is 6.62. The first-order valence-corrected chi connectivity index (χ1v) is 16.1. The number of nitrogens with zero attached hydrogens (tertiary/aromatic N) is 9. The number of carbonyl (C=O) groups is 1. The Morgan fingerprint density at radius 2 is 1.89 bits per heavy atom. The minimum Gasteiger partial charge on any atom is -0.444 e. The molecule has 4 aliphatic rings. The molecule has 12 heteroatoms. The van der Waals surface area contributed by atoms with Gasteiger partial charge < -0.3 is 19.4 Å². The van der Waals surface area contributed by atoms with Gasteiger partial charge in [-0.3, -0.25) is 14.3 Å². The number of pyridine rings is 1. The fourth-order valence-corrected chi connectivity index (χ4v) is 6.62. The molecule has 44 heavy (non-hydrogen) atoms. The third-order valence-electron chi connectivity index (χ3n) is 9.40. The highest BCUT2D eigenvalue weighted by atomic mass is 16.6. The lowest BCUT2D eigenvalue weighted by molar-refractivity contribution is 0.0134. The number of hydrogen-bond donors (Lipinski definition) is 0. The number of fused-ring (bicyclic) bond motifs is 1. The molecule has 2 saturated carbocycles. The van der Waals surface area contributed by atoms with Gasteiger partial charge in [0.05, 0.1) is 24.6 Å². The topological polar surface area (TPSA) is 115 Å². The van der Waals surface area contributed by atoms with E-state index in [-0.39, 0.29) is 23.9 Å². The van der Waals surface area contributed by atoms with Crippen molar-refractivity contribution in [2.45, 2.75) is 77.6 Å². The average Bonchev–Trinajstić information content (AvgIpc) is 3.87. The van der Waals surface area contributed by atoms with Crippen molar-refractivity contribution in [2.24, 2.45) is 17.8 Å². The van der Waals surface area contributed by atoms with Crippen molar-refractivity contribution in [3.8, 4) is 11.4 Å². The molecule has 2 aliphatic carbocycles. The van der Waals surface area contributed by atoms with Gasteiger partial charge >= 0.3 is 6.09 Å². The number of ether oxygens (including phenoxy) is 1. The summed E-state index contributed by atoms with van der Waals surface area (Å²) in [7, 11) is 0. The Bertz CT molecular complexity index is 1570. The highest BCUT2D eigenvalue weighted by molar-refractivity contribution is 5.69. The molecule has 1 amide bonds. The number of amides is 1. The quantitative estimate of drug-likeness (QED) is 0.377. The summed E-state index contributed by atoms with van der Waals surface area (Å²) in [5.74, 6) is 3.06. The van der Waals surface area contributed by atoms with Crippen LogP contribution >= 0.6 is 0 Å². The fraction of sp³-hybridized carbons (Fsp3) is 0.625. The van der Waals surface area contributed by atoms with Crippen molar-refractivity contribution >= 4 is 17.6 Å². The lowest BCUT2D eigenvalue weighted by atomic mass is 10.0. The zero-order chi connectivity index (χ0) is 30.6. The normalized spacial score (nSPS) is 23.8. The van der Waals surface area contributed by atoms with Crippen LogP contribution in [0.4, 0.5) is 16.3 Å². The molecule has 5 heterocycles. The van der Waals surface area contributed by atoms with E-state index in [2.05, 4.69) is 25.1 Å². The zero-order valence-electron chi connectivity index (χ0n) is 26.2. The second-order valence-electron chi connectivity index (χ2n) is 14.1. The number of rotatable bonds is 8. The maximum atomic E-state index is 13.4. The monoisotopic (exact) mass is 601 g/mol. The molecule has 2 saturated heterocycles. The van der Waals surface area contributed by atoms with Crippen LogP contribution in [0.25, 0.3) is 11.4 Å². The first kappa shape index (κ1) is 28.8. The van der Waals surface area contributed by atoms with Crippen molar-refractivity contribution in [3.05, 3.63) is 47.3 Å². The van der Waals surface area contributed by atoms with Crippen molar-refractivity contribution in [1.29, 1.82) is 0 Å². The summed E-state index contributed by atoms with van der Waals surface area (Å²) >= 11 is 0. The van der Waals surface area contributed by atoms with Crippen LogP contribution in [0.2, 0.25) is 0 Å². The Labute approximate surface area is 258 Å². The molecular formula is C32H43N9O3. The Balaban J connectivity index is 1.04. The summed E-state index contributed by atoms with van der Waals surface area (Å²) in [6.07, 6.45) is 12.1. The molecule has 0 N–H and O–H groups in total. The van der Waals surface area contributed by atoms with Crippen molar-refractivity contribution in [3.63, 3.8) is 0 Å². The Morgan fingerprint density at radius 1 is 1.09 bits per heavy atom. The van der Waals surface area contributed by atoms with Gasteiger partial charge in [0.25, 0.3) is 5.56 Å². The minimum absolute atomic E-state index is 0.0480. The van der Waals surface area contributed by atoms with E-state index in [0.29, 0.717) is 23.9 Å². The van der Waals surface area contributed by atoms with E-state index in [0.717, 1.165) is 62.4 Å². The van der Waals surface area contributed by atoms with Crippen molar-refractivity contribution in [1.82, 2.24) is 34.4 Å². The number of carbonyl (C=O) groups excluding carboxylic acids is 1. The van der Waals surface area contributed by atoms with Gasteiger partial charge in [-0.25, -0.2) is 14.5 Å². The highest BCUT2D eigenvalue weighted by Crippen LogP contribution is 2.46. The molecule has 2 aliphatic heterocycles. The molecule has 4 atom stereocenters. The Kier molecular flexibility index (Phi) is 7.32. The van der Waals surface area contributed by atoms with Crippen LogP contribution in [-0.2, 0) is 4.74 Å². The van der Waals surface area contributed by atoms with Crippen LogP contribution in [-0.4, -0.2) is 84.9 Å². The molecule has 0 aromatic carbocycles. The van der Waals surface area contributed by atoms with E-state index in [9.17, 15) is 9.59 Å². The molecule has 0 spiro atoms. The van der Waals surface area contributed by atoms with Crippen LogP contribution < -0.4 is 15.4 Å². The first-order valence-electron chi connectivity index (χ1n) is 16.1. The van der Waals surface area contributed by atoms with Gasteiger partial charge in [-0.15, -0.1) is 5.10 Å². The lowest BCUT2D eigenvalue weighted by Gasteiger charge is -2.40. The SMILES string of the molecule is CC(n1cc(-c2cncc(N3CC4CC4C3)n2)nn1)n1ccc(N2CCC[C@@H](N(CC3CC3)C(=O)OC(C)(C)C)C2)cc1=O. The number of piperidine rings is 2. The van der Waals surface area contributed by atoms with Gasteiger partial charge in [-0.05, 0) is 83.6 Å². The first-order chi connectivity index (χ1) is 21.1. The predicted octanol–water partition coefficient (Wildman–Crippen LogP) is 4.04. The van der Waals surface area contributed by atoms with Crippen LogP contribution in [0, 0.1) is 17.8 Å². The third kappa shape index (κ3) is 6.16. The second-order valence-corrected chi connectivity index (χ2v) is 14.1. The van der Waals surface area contributed by atoms with E-state index in [1.54, 1.807) is 21.5 Å². The van der Waals surface area contributed by atoms with Crippen LogP contribution in [0.3, 0.4) is 0 Å². The van der Waals surface area contributed by atoms with E-state index < -0.39 is 5.60 Å². The van der Waals surface area contributed by atoms with E-state index >= 15 is 0 Å². The smallest absolute Gasteiger partial charge is 0.410 e. The summed E-state index contributed by atoms with van der Waals surface area (Å²) in [6, 6.07) is 3.71. The van der Waals surface area contributed by atoms with E-state index in [1.165, 1.54) is 19.3 Å². The highest BCUT2D eigenvalue weighted by Gasteiger charge is 2.45. The van der Waals surface area contributed by atoms with E-state index in [4.69, 9.17) is 9.72 Å². The molecule has 3 aromatic heterocycles. The van der Waals surface area contributed by atoms with Gasteiger partial charge in [0, 0.05) is 50.7 Å². The maximum Gasteiger partial charge on any atom is 0.410 e. The Morgan fingerprint density at radius 3 is 2.61 bits per heavy atom. The third-order valence-corrected chi connectivity index (χ3v) is 9.40. The molecule has 4 fully saturated rings. The molecule has 3 unspecified atom stereocenters. The summed E-state index contributed by atoms with van der Waals surface area (Å²) in [6.45, 7) is 12.0. The van der Waals surface area contributed by atoms with Gasteiger partial charge in [-0.1, -0.05) is 5.21 Å². The second kappa shape index (κ2) is 11.2. The molecule has 0 radical (unpaired) electrons. The van der Waals surface area contributed by atoms with Gasteiger partial charge in [0.2, 0.25) is 0 Å². The predicted molar refractivity (Wildman–Crippen MR) is 167 cm³/mol. The summed E-state index contributed by atoms with van der Waals surface area (Å²) < 4.78 is 9.12. The van der Waals surface area contributed by atoms with Crippen LogP contribution in [0.5, 0.6) is 0 Å². The van der Waals surface area contributed by atoms with Crippen LogP contribution in [0.1, 0.15) is 66.0 Å². The lowest BCUT2D eigenvalue weighted by Crippen LogP contribution is -2.52. The van der Waals surface area contributed by atoms with Crippen molar-refractivity contribution in [2.75, 3.05) is 42.5 Å². The average molecular weight is 602 g/mol. The largest absolute Gasteiger partial charge is 0.444 e. The summed E-state index contributed by atoms with van der Waals surface area (Å²) in [4.78, 5) is 42.2. The molecule has 0 bridgehead atoms. The minimum atomic E-state index is -0.537. The molecule has 3 aromatic rings. The van der Waals surface area contributed by atoms with Crippen molar-refractivity contribution < 1.29 is 9.53 Å². The summed E-state index contributed by atoms with van der Waals surface area (Å²) in [5, 5.41) is 8.69. The van der Waals surface area contributed by atoms with Gasteiger partial charge in [0.15, 0.2) is 0 Å². The standard InChI is InChI=1S/C32H43N9O3/c1-21(41-20-28(35-36-41)27-14-33-15-29(34-27)38-17-23-12-24(23)18-38)39-11-9-25(13-30(39)42)37-10-5-6-26(19-37)40(16-22-7-8-22)31(43)44-32(2,3)4/h9,11,13-15,20-24,26H,5-8,10,12,16-19H2,1-4H3/t21?,23?,24?,26-/m1/s1. The number of aromatic nitrogens is 6. The zero-order valence-corrected chi connectivity index (χ0v) is 26.2. The number of hydrogen-bond acceptors (Lipinski definition) is 9. The molecule has 7 rings (SSSR count).